The lowest BCUT2D eigenvalue weighted by molar-refractivity contribution is 0.0598. The van der Waals surface area contributed by atoms with Gasteiger partial charge in [0.15, 0.2) is 5.82 Å². The maximum atomic E-state index is 12.2. The molecule has 7 nitrogen and oxygen atoms in total. The van der Waals surface area contributed by atoms with Crippen molar-refractivity contribution in [3.05, 3.63) is 63.8 Å². The first kappa shape index (κ1) is 16.8. The molecule has 0 spiro atoms. The fourth-order valence-electron chi connectivity index (χ4n) is 2.62. The maximum Gasteiger partial charge on any atom is 0.343 e. The molecule has 2 heterocycles. The molecule has 3 rings (SSSR count). The van der Waals surface area contributed by atoms with Gasteiger partial charge in [0.1, 0.15) is 11.4 Å². The fraction of sp³-hybridized carbons (Fsp3) is 0.222. The van der Waals surface area contributed by atoms with E-state index in [4.69, 9.17) is 0 Å². The van der Waals surface area contributed by atoms with Crippen LogP contribution in [0, 0.1) is 6.92 Å². The highest BCUT2D eigenvalue weighted by Crippen LogP contribution is 2.24. The quantitative estimate of drug-likeness (QED) is 0.732. The Hall–Kier alpha value is -3.06. The summed E-state index contributed by atoms with van der Waals surface area (Å²) in [5.74, 6) is 0.303. The SMILES string of the molecule is COC(=O)c1cc2cnc(C)n(-c3ccc([C@@H](C)O)cc3)c-2nc1=O. The molecule has 1 aromatic rings. The van der Waals surface area contributed by atoms with Crippen molar-refractivity contribution in [1.82, 2.24) is 14.5 Å². The van der Waals surface area contributed by atoms with E-state index in [-0.39, 0.29) is 5.56 Å². The maximum absolute atomic E-state index is 12.2. The van der Waals surface area contributed by atoms with E-state index in [9.17, 15) is 14.7 Å². The van der Waals surface area contributed by atoms with Gasteiger partial charge in [0, 0.05) is 17.4 Å². The summed E-state index contributed by atoms with van der Waals surface area (Å²) in [4.78, 5) is 32.3. The fourth-order valence-corrected chi connectivity index (χ4v) is 2.62. The minimum atomic E-state index is -0.729. The number of benzene rings is 1. The average molecular weight is 339 g/mol. The molecule has 0 aliphatic carbocycles. The highest BCUT2D eigenvalue weighted by molar-refractivity contribution is 5.90. The lowest BCUT2D eigenvalue weighted by Gasteiger charge is -2.17. The molecule has 2 aliphatic rings. The van der Waals surface area contributed by atoms with Crippen LogP contribution in [0.25, 0.3) is 17.1 Å². The number of aromatic nitrogens is 3. The average Bonchev–Trinajstić information content (AvgIpc) is 2.60. The van der Waals surface area contributed by atoms with E-state index >= 15 is 0 Å². The third-order valence-electron chi connectivity index (χ3n) is 3.96. The summed E-state index contributed by atoms with van der Waals surface area (Å²) in [6, 6.07) is 8.66. The summed E-state index contributed by atoms with van der Waals surface area (Å²) >= 11 is 0. The zero-order valence-electron chi connectivity index (χ0n) is 14.1. The van der Waals surface area contributed by atoms with Gasteiger partial charge in [-0.2, -0.15) is 4.98 Å². The van der Waals surface area contributed by atoms with Gasteiger partial charge >= 0.3 is 5.97 Å². The van der Waals surface area contributed by atoms with Crippen molar-refractivity contribution in [2.45, 2.75) is 20.0 Å². The van der Waals surface area contributed by atoms with Crippen molar-refractivity contribution < 1.29 is 14.6 Å². The Morgan fingerprint density at radius 3 is 2.56 bits per heavy atom. The van der Waals surface area contributed by atoms with Crippen molar-refractivity contribution in [2.24, 2.45) is 0 Å². The monoisotopic (exact) mass is 339 g/mol. The van der Waals surface area contributed by atoms with Crippen molar-refractivity contribution in [2.75, 3.05) is 7.11 Å². The number of carbonyl (C=O) groups is 1. The van der Waals surface area contributed by atoms with Crippen LogP contribution in [0.15, 0.2) is 41.3 Å². The summed E-state index contributed by atoms with van der Waals surface area (Å²) < 4.78 is 6.34. The topological polar surface area (TPSA) is 94.3 Å². The van der Waals surface area contributed by atoms with E-state index < -0.39 is 17.6 Å². The molecule has 0 radical (unpaired) electrons. The molecule has 1 N–H and O–H groups in total. The second-order valence-electron chi connectivity index (χ2n) is 5.65. The standard InChI is InChI=1S/C18H17N3O4/c1-10(22)12-4-6-14(7-5-12)21-11(2)19-9-13-8-15(18(24)25-3)17(23)20-16(13)21/h4-10,22H,1-3H3/t10-/m1/s1. The first-order valence-electron chi connectivity index (χ1n) is 7.68. The summed E-state index contributed by atoms with van der Waals surface area (Å²) in [5, 5.41) is 9.64. The lowest BCUT2D eigenvalue weighted by atomic mass is 10.1. The van der Waals surface area contributed by atoms with Gasteiger partial charge in [0.2, 0.25) is 0 Å². The van der Waals surface area contributed by atoms with Crippen molar-refractivity contribution in [1.29, 1.82) is 0 Å². The largest absolute Gasteiger partial charge is 0.465 e. The second kappa shape index (κ2) is 6.45. The van der Waals surface area contributed by atoms with Crippen LogP contribution in [0.5, 0.6) is 0 Å². The van der Waals surface area contributed by atoms with E-state index in [2.05, 4.69) is 14.7 Å². The molecule has 128 valence electrons. The molecule has 1 atom stereocenters. The van der Waals surface area contributed by atoms with Crippen LogP contribution in [0.1, 0.15) is 34.8 Å². The lowest BCUT2D eigenvalue weighted by Crippen LogP contribution is -2.22. The normalized spacial score (nSPS) is 12.2. The van der Waals surface area contributed by atoms with Crippen LogP contribution in [-0.2, 0) is 4.74 Å². The predicted molar refractivity (Wildman–Crippen MR) is 91.0 cm³/mol. The molecule has 0 saturated carbocycles. The number of hydrogen-bond acceptors (Lipinski definition) is 6. The Morgan fingerprint density at radius 1 is 1.28 bits per heavy atom. The summed E-state index contributed by atoms with van der Waals surface area (Å²) in [7, 11) is 1.21. The molecule has 0 bridgehead atoms. The third kappa shape index (κ3) is 3.01. The Balaban J connectivity index is 2.21. The minimum Gasteiger partial charge on any atom is -0.465 e. The first-order chi connectivity index (χ1) is 11.9. The number of aliphatic hydroxyl groups is 1. The number of nitrogens with zero attached hydrogens (tertiary/aromatic N) is 3. The number of aliphatic hydroxyl groups excluding tert-OH is 1. The predicted octanol–water partition coefficient (Wildman–Crippen LogP) is 1.88. The van der Waals surface area contributed by atoms with Crippen LogP contribution in [-0.4, -0.2) is 32.7 Å². The Morgan fingerprint density at radius 2 is 1.96 bits per heavy atom. The minimum absolute atomic E-state index is 0.128. The van der Waals surface area contributed by atoms with Crippen molar-refractivity contribution in [3.63, 3.8) is 0 Å². The van der Waals surface area contributed by atoms with Crippen molar-refractivity contribution >= 4 is 5.97 Å². The molecule has 2 aliphatic heterocycles. The number of rotatable bonds is 3. The van der Waals surface area contributed by atoms with Crippen LogP contribution >= 0.6 is 0 Å². The van der Waals surface area contributed by atoms with Crippen LogP contribution in [0.2, 0.25) is 0 Å². The number of methoxy groups -OCH3 is 1. The van der Waals surface area contributed by atoms with Crippen LogP contribution < -0.4 is 5.56 Å². The number of ether oxygens (including phenoxy) is 1. The number of hydrogen-bond donors (Lipinski definition) is 1. The Bertz CT molecular complexity index is 961. The van der Waals surface area contributed by atoms with Gasteiger partial charge in [-0.3, -0.25) is 9.36 Å². The van der Waals surface area contributed by atoms with E-state index in [0.717, 1.165) is 11.3 Å². The van der Waals surface area contributed by atoms with E-state index in [1.807, 2.05) is 12.1 Å². The van der Waals surface area contributed by atoms with Crippen LogP contribution in [0.3, 0.4) is 0 Å². The molecule has 25 heavy (non-hydrogen) atoms. The van der Waals surface area contributed by atoms with Gasteiger partial charge in [-0.15, -0.1) is 0 Å². The number of aryl methyl sites for hydroxylation is 1. The molecular weight excluding hydrogens is 322 g/mol. The summed E-state index contributed by atoms with van der Waals surface area (Å²) in [6.45, 7) is 3.48. The van der Waals surface area contributed by atoms with Crippen LogP contribution in [0.4, 0.5) is 0 Å². The van der Waals surface area contributed by atoms with E-state index in [1.165, 1.54) is 13.2 Å². The molecule has 0 amide bonds. The van der Waals surface area contributed by atoms with E-state index in [1.54, 1.807) is 36.7 Å². The number of pyridine rings is 1. The Labute approximate surface area is 143 Å². The zero-order chi connectivity index (χ0) is 18.1. The molecule has 0 fully saturated rings. The first-order valence-corrected chi connectivity index (χ1v) is 7.68. The van der Waals surface area contributed by atoms with Crippen molar-refractivity contribution in [3.8, 4) is 17.1 Å². The smallest absolute Gasteiger partial charge is 0.343 e. The number of esters is 1. The molecule has 7 heteroatoms. The van der Waals surface area contributed by atoms with Gasteiger partial charge in [0.25, 0.3) is 5.56 Å². The number of carbonyl (C=O) groups excluding carboxylic acids is 1. The highest BCUT2D eigenvalue weighted by Gasteiger charge is 2.20. The van der Waals surface area contributed by atoms with Gasteiger partial charge in [-0.25, -0.2) is 9.78 Å². The van der Waals surface area contributed by atoms with Gasteiger partial charge in [0.05, 0.1) is 13.2 Å². The summed E-state index contributed by atoms with van der Waals surface area (Å²) in [6.07, 6.45) is 0.990. The number of fused-ring (bicyclic) bond motifs is 1. The third-order valence-corrected chi connectivity index (χ3v) is 3.96. The molecule has 1 aromatic carbocycles. The molecular formula is C18H17N3O4. The van der Waals surface area contributed by atoms with Gasteiger partial charge in [-0.1, -0.05) is 12.1 Å². The summed E-state index contributed by atoms with van der Waals surface area (Å²) in [5.41, 5.74) is 1.29. The zero-order valence-corrected chi connectivity index (χ0v) is 14.1. The molecule has 0 unspecified atom stereocenters. The van der Waals surface area contributed by atoms with Gasteiger partial charge in [-0.05, 0) is 37.6 Å². The van der Waals surface area contributed by atoms with Gasteiger partial charge < -0.3 is 9.84 Å². The highest BCUT2D eigenvalue weighted by atomic mass is 16.5. The molecule has 0 aromatic heterocycles. The molecule has 0 saturated heterocycles. The second-order valence-corrected chi connectivity index (χ2v) is 5.65. The van der Waals surface area contributed by atoms with E-state index in [0.29, 0.717) is 17.2 Å². The Kier molecular flexibility index (Phi) is 4.33.